The molecule has 2 fully saturated rings. The normalized spacial score (nSPS) is 24.9. The highest BCUT2D eigenvalue weighted by Crippen LogP contribution is 2.43. The van der Waals surface area contributed by atoms with Crippen molar-refractivity contribution in [2.45, 2.75) is 63.6 Å². The Morgan fingerprint density at radius 3 is 2.47 bits per heavy atom. The minimum absolute atomic E-state index is 0.143. The molecule has 0 bridgehead atoms. The fourth-order valence-corrected chi connectivity index (χ4v) is 2.25. The number of carbonyl (C=O) groups excluding carboxylic acids is 1. The van der Waals surface area contributed by atoms with Gasteiger partial charge in [-0.25, -0.2) is 4.79 Å². The Bertz CT molecular complexity index is 227. The minimum atomic E-state index is -0.544. The van der Waals surface area contributed by atoms with Gasteiger partial charge in [0.1, 0.15) is 0 Å². The molecule has 0 aromatic rings. The van der Waals surface area contributed by atoms with Gasteiger partial charge in [0.05, 0.1) is 12.7 Å². The molecule has 0 atom stereocenters. The summed E-state index contributed by atoms with van der Waals surface area (Å²) in [7, 11) is 0. The standard InChI is InChI=1S/C12H20O3/c1-2-14-11(13)12(8-9-12)15-10-6-4-3-5-7-10/h10H,2-9H2,1H3. The quantitative estimate of drug-likeness (QED) is 0.671. The molecule has 0 aromatic heterocycles. The first-order chi connectivity index (χ1) is 7.27. The van der Waals surface area contributed by atoms with E-state index >= 15 is 0 Å². The Morgan fingerprint density at radius 2 is 1.93 bits per heavy atom. The van der Waals surface area contributed by atoms with Crippen molar-refractivity contribution in [1.29, 1.82) is 0 Å². The number of rotatable bonds is 4. The third-order valence-corrected chi connectivity index (χ3v) is 3.30. The smallest absolute Gasteiger partial charge is 0.338 e. The molecular formula is C12H20O3. The largest absolute Gasteiger partial charge is 0.464 e. The van der Waals surface area contributed by atoms with Crippen LogP contribution in [-0.4, -0.2) is 24.3 Å². The molecule has 0 unspecified atom stereocenters. The Balaban J connectivity index is 1.84. The van der Waals surface area contributed by atoms with Crippen LogP contribution in [0, 0.1) is 0 Å². The lowest BCUT2D eigenvalue weighted by atomic mass is 9.97. The van der Waals surface area contributed by atoms with Gasteiger partial charge in [-0.1, -0.05) is 19.3 Å². The highest BCUT2D eigenvalue weighted by Gasteiger charge is 2.54. The maximum absolute atomic E-state index is 11.7. The summed E-state index contributed by atoms with van der Waals surface area (Å²) in [5, 5.41) is 0. The van der Waals surface area contributed by atoms with Crippen LogP contribution < -0.4 is 0 Å². The van der Waals surface area contributed by atoms with Gasteiger partial charge in [-0.05, 0) is 32.6 Å². The lowest BCUT2D eigenvalue weighted by molar-refractivity contribution is -0.166. The molecular weight excluding hydrogens is 192 g/mol. The van der Waals surface area contributed by atoms with Crippen molar-refractivity contribution in [2.24, 2.45) is 0 Å². The molecule has 0 radical (unpaired) electrons. The van der Waals surface area contributed by atoms with Gasteiger partial charge in [-0.3, -0.25) is 0 Å². The molecule has 0 aromatic carbocycles. The van der Waals surface area contributed by atoms with E-state index in [9.17, 15) is 4.79 Å². The number of hydrogen-bond donors (Lipinski definition) is 0. The first-order valence-electron chi connectivity index (χ1n) is 6.12. The molecule has 3 heteroatoms. The first kappa shape index (κ1) is 10.9. The fraction of sp³-hybridized carbons (Fsp3) is 0.917. The molecule has 0 spiro atoms. The molecule has 0 saturated heterocycles. The predicted octanol–water partition coefficient (Wildman–Crippen LogP) is 2.43. The van der Waals surface area contributed by atoms with Crippen LogP contribution in [0.25, 0.3) is 0 Å². The van der Waals surface area contributed by atoms with Crippen molar-refractivity contribution >= 4 is 5.97 Å². The average Bonchev–Trinajstić information content (AvgIpc) is 3.01. The second-order valence-electron chi connectivity index (χ2n) is 4.59. The van der Waals surface area contributed by atoms with E-state index in [1.807, 2.05) is 6.92 Å². The lowest BCUT2D eigenvalue weighted by Crippen LogP contribution is -2.34. The molecule has 0 aliphatic heterocycles. The SMILES string of the molecule is CCOC(=O)C1(OC2CCCCC2)CC1. The van der Waals surface area contributed by atoms with Crippen molar-refractivity contribution in [2.75, 3.05) is 6.61 Å². The van der Waals surface area contributed by atoms with Crippen LogP contribution in [0.5, 0.6) is 0 Å². The van der Waals surface area contributed by atoms with Gasteiger partial charge in [0.25, 0.3) is 0 Å². The molecule has 2 saturated carbocycles. The van der Waals surface area contributed by atoms with Gasteiger partial charge >= 0.3 is 5.97 Å². The Labute approximate surface area is 91.1 Å². The molecule has 0 amide bonds. The maximum Gasteiger partial charge on any atom is 0.338 e. The maximum atomic E-state index is 11.7. The van der Waals surface area contributed by atoms with Gasteiger partial charge in [0, 0.05) is 0 Å². The molecule has 2 aliphatic rings. The van der Waals surface area contributed by atoms with Gasteiger partial charge in [-0.15, -0.1) is 0 Å². The monoisotopic (exact) mass is 212 g/mol. The zero-order chi connectivity index (χ0) is 10.7. The number of hydrogen-bond acceptors (Lipinski definition) is 3. The summed E-state index contributed by atoms with van der Waals surface area (Å²) in [6.45, 7) is 2.29. The van der Waals surface area contributed by atoms with Crippen molar-refractivity contribution in [3.05, 3.63) is 0 Å². The Morgan fingerprint density at radius 1 is 1.27 bits per heavy atom. The van der Waals surface area contributed by atoms with E-state index < -0.39 is 5.60 Å². The van der Waals surface area contributed by atoms with Crippen LogP contribution >= 0.6 is 0 Å². The number of ether oxygens (including phenoxy) is 2. The highest BCUT2D eigenvalue weighted by molar-refractivity contribution is 5.82. The fourth-order valence-electron chi connectivity index (χ4n) is 2.25. The number of esters is 1. The van der Waals surface area contributed by atoms with Crippen LogP contribution in [0.4, 0.5) is 0 Å². The van der Waals surface area contributed by atoms with Crippen LogP contribution in [0.3, 0.4) is 0 Å². The zero-order valence-corrected chi connectivity index (χ0v) is 9.46. The molecule has 2 aliphatic carbocycles. The zero-order valence-electron chi connectivity index (χ0n) is 9.46. The third kappa shape index (κ3) is 2.51. The van der Waals surface area contributed by atoms with E-state index in [4.69, 9.17) is 9.47 Å². The predicted molar refractivity (Wildman–Crippen MR) is 56.6 cm³/mol. The van der Waals surface area contributed by atoms with Crippen molar-refractivity contribution in [1.82, 2.24) is 0 Å². The van der Waals surface area contributed by atoms with Crippen molar-refractivity contribution in [3.63, 3.8) is 0 Å². The lowest BCUT2D eigenvalue weighted by Gasteiger charge is -2.26. The Hall–Kier alpha value is -0.570. The third-order valence-electron chi connectivity index (χ3n) is 3.30. The molecule has 0 N–H and O–H groups in total. The van der Waals surface area contributed by atoms with E-state index in [0.29, 0.717) is 12.7 Å². The van der Waals surface area contributed by atoms with Crippen LogP contribution in [0.1, 0.15) is 51.9 Å². The molecule has 3 nitrogen and oxygen atoms in total. The average molecular weight is 212 g/mol. The van der Waals surface area contributed by atoms with Crippen LogP contribution in [0.2, 0.25) is 0 Å². The minimum Gasteiger partial charge on any atom is -0.464 e. The molecule has 0 heterocycles. The van der Waals surface area contributed by atoms with E-state index in [-0.39, 0.29) is 5.97 Å². The summed E-state index contributed by atoms with van der Waals surface area (Å²) in [5.74, 6) is -0.143. The van der Waals surface area contributed by atoms with Gasteiger partial charge in [-0.2, -0.15) is 0 Å². The van der Waals surface area contributed by atoms with E-state index in [0.717, 1.165) is 25.7 Å². The highest BCUT2D eigenvalue weighted by atomic mass is 16.6. The summed E-state index contributed by atoms with van der Waals surface area (Å²) in [6, 6.07) is 0. The first-order valence-corrected chi connectivity index (χ1v) is 6.12. The van der Waals surface area contributed by atoms with Gasteiger partial charge < -0.3 is 9.47 Å². The second-order valence-corrected chi connectivity index (χ2v) is 4.59. The van der Waals surface area contributed by atoms with E-state index in [1.54, 1.807) is 0 Å². The van der Waals surface area contributed by atoms with Crippen molar-refractivity contribution < 1.29 is 14.3 Å². The summed E-state index contributed by atoms with van der Waals surface area (Å²) < 4.78 is 11.0. The summed E-state index contributed by atoms with van der Waals surface area (Å²) >= 11 is 0. The Kier molecular flexibility index (Phi) is 3.29. The van der Waals surface area contributed by atoms with Gasteiger partial charge in [0.2, 0.25) is 0 Å². The van der Waals surface area contributed by atoms with Gasteiger partial charge in [0.15, 0.2) is 5.60 Å². The molecule has 86 valence electrons. The molecule has 15 heavy (non-hydrogen) atoms. The number of carbonyl (C=O) groups is 1. The van der Waals surface area contributed by atoms with Crippen LogP contribution in [0.15, 0.2) is 0 Å². The second kappa shape index (κ2) is 4.52. The summed E-state index contributed by atoms with van der Waals surface area (Å²) in [5.41, 5.74) is -0.544. The summed E-state index contributed by atoms with van der Waals surface area (Å²) in [6.07, 6.45) is 8.01. The summed E-state index contributed by atoms with van der Waals surface area (Å²) in [4.78, 5) is 11.7. The van der Waals surface area contributed by atoms with E-state index in [1.165, 1.54) is 19.3 Å². The topological polar surface area (TPSA) is 35.5 Å². The molecule has 2 rings (SSSR count). The van der Waals surface area contributed by atoms with Crippen LogP contribution in [-0.2, 0) is 14.3 Å². The van der Waals surface area contributed by atoms with Crippen molar-refractivity contribution in [3.8, 4) is 0 Å². The van der Waals surface area contributed by atoms with E-state index in [2.05, 4.69) is 0 Å².